The molecular weight excluding hydrogens is 885 g/mol. The van der Waals surface area contributed by atoms with Gasteiger partial charge in [0.2, 0.25) is 0 Å². The molecule has 0 aliphatic heterocycles. The van der Waals surface area contributed by atoms with Crippen LogP contribution in [0, 0.1) is 0 Å². The fourth-order valence-corrected chi connectivity index (χ4v) is 12.4. The third-order valence-electron chi connectivity index (χ3n) is 15.5. The number of para-hydroxylation sites is 6. The van der Waals surface area contributed by atoms with Crippen molar-refractivity contribution >= 4 is 144 Å². The third-order valence-corrected chi connectivity index (χ3v) is 15.5. The Labute approximate surface area is 406 Å². The average Bonchev–Trinajstić information content (AvgIpc) is 3.42. The highest BCUT2D eigenvalue weighted by Gasteiger charge is 2.23. The van der Waals surface area contributed by atoms with Gasteiger partial charge in [0.25, 0.3) is 0 Å². The van der Waals surface area contributed by atoms with Crippen molar-refractivity contribution in [2.45, 2.75) is 0 Å². The van der Waals surface area contributed by atoms with Gasteiger partial charge in [0.1, 0.15) is 0 Å². The number of rotatable bonds is 4. The minimum Gasteiger partial charge on any atom is -0.306 e. The molecule has 0 saturated carbocycles. The van der Waals surface area contributed by atoms with Gasteiger partial charge in [-0.15, -0.1) is 0 Å². The van der Waals surface area contributed by atoms with Crippen LogP contribution < -0.4 is 32.2 Å². The highest BCUT2D eigenvalue weighted by Crippen LogP contribution is 2.34. The molecule has 0 spiro atoms. The van der Waals surface area contributed by atoms with Crippen LogP contribution in [-0.2, 0) is 0 Å². The number of fused-ring (bicyclic) bond motifs is 2. The first-order valence-corrected chi connectivity index (χ1v) is 24.1. The minimum absolute atomic E-state index is 0.0602. The number of pyridine rings is 6. The number of aromatic nitrogens is 2. The first-order chi connectivity index (χ1) is 35.4. The van der Waals surface area contributed by atoms with Crippen LogP contribution in [0.2, 0.25) is 0 Å². The van der Waals surface area contributed by atoms with Gasteiger partial charge < -0.3 is 8.80 Å². The van der Waals surface area contributed by atoms with Crippen LogP contribution in [0.25, 0.3) is 144 Å². The van der Waals surface area contributed by atoms with Crippen LogP contribution in [0.15, 0.2) is 201 Å². The molecule has 72 heavy (non-hydrogen) atoms. The summed E-state index contributed by atoms with van der Waals surface area (Å²) in [6.07, 6.45) is 8.67. The van der Waals surface area contributed by atoms with E-state index >= 15 is 0 Å². The lowest BCUT2D eigenvalue weighted by Crippen LogP contribution is -2.19. The molecule has 16 rings (SSSR count). The Morgan fingerprint density at radius 3 is 0.750 bits per heavy atom. The van der Waals surface area contributed by atoms with Crippen molar-refractivity contribution in [3.05, 3.63) is 256 Å². The van der Waals surface area contributed by atoms with Gasteiger partial charge in [-0.2, -0.15) is 0 Å². The molecule has 6 heteroatoms. The molecule has 0 N–H and O–H groups in total. The third kappa shape index (κ3) is 5.11. The van der Waals surface area contributed by atoms with Crippen LogP contribution >= 0.6 is 0 Å². The molecule has 0 radical (unpaired) electrons. The van der Waals surface area contributed by atoms with E-state index in [-0.39, 0.29) is 21.7 Å². The Kier molecular flexibility index (Phi) is 7.57. The predicted molar refractivity (Wildman–Crippen MR) is 299 cm³/mol. The van der Waals surface area contributed by atoms with Crippen LogP contribution in [-0.4, -0.2) is 8.80 Å². The van der Waals surface area contributed by atoms with E-state index in [1.165, 1.54) is 0 Å². The SMILES string of the molecule is O=c1c2cccc3c(=O)c4cccc5c(=Cc6ccc7cc(C=Cc8ccc9cc(C=c%10c%11cccc%12c(=O)c%13cccc%14c(=O)c%15cccc%10c%15n(c%13%14)c%12%11)ccc9c8)ccc7c6)c6cccc1c6n(c23)c45. The first kappa shape index (κ1) is 39.1. The van der Waals surface area contributed by atoms with Crippen LogP contribution in [0.1, 0.15) is 22.3 Å². The molecule has 0 aliphatic rings. The van der Waals surface area contributed by atoms with Crippen molar-refractivity contribution in [3.63, 3.8) is 0 Å². The number of hydrogen-bond acceptors (Lipinski definition) is 4. The largest absolute Gasteiger partial charge is 0.306 e. The molecular formula is C66H34N2O4. The molecule has 6 aromatic heterocycles. The second-order valence-corrected chi connectivity index (χ2v) is 19.4. The van der Waals surface area contributed by atoms with Crippen LogP contribution in [0.4, 0.5) is 0 Å². The summed E-state index contributed by atoms with van der Waals surface area (Å²) in [7, 11) is 0. The molecule has 16 aromatic rings. The monoisotopic (exact) mass is 918 g/mol. The summed E-state index contributed by atoms with van der Waals surface area (Å²) in [5.41, 5.74) is 8.71. The van der Waals surface area contributed by atoms with Crippen LogP contribution in [0.5, 0.6) is 0 Å². The average molecular weight is 919 g/mol. The lowest BCUT2D eigenvalue weighted by Gasteiger charge is -2.19. The lowest BCUT2D eigenvalue weighted by molar-refractivity contribution is 1.31. The van der Waals surface area contributed by atoms with Crippen molar-refractivity contribution in [2.75, 3.05) is 0 Å². The van der Waals surface area contributed by atoms with E-state index in [2.05, 4.69) is 130 Å². The molecule has 0 atom stereocenters. The van der Waals surface area contributed by atoms with Crippen molar-refractivity contribution in [3.8, 4) is 0 Å². The number of benzene rings is 10. The van der Waals surface area contributed by atoms with Crippen molar-refractivity contribution in [2.24, 2.45) is 0 Å². The zero-order chi connectivity index (χ0) is 47.7. The summed E-state index contributed by atoms with van der Waals surface area (Å²) < 4.78 is 4.31. The van der Waals surface area contributed by atoms with E-state index in [4.69, 9.17) is 0 Å². The minimum atomic E-state index is -0.0602. The van der Waals surface area contributed by atoms with Crippen LogP contribution in [0.3, 0.4) is 0 Å². The van der Waals surface area contributed by atoms with E-state index < -0.39 is 0 Å². The molecule has 0 saturated heterocycles. The number of hydrogen-bond donors (Lipinski definition) is 0. The van der Waals surface area contributed by atoms with Gasteiger partial charge in [0, 0.05) is 64.6 Å². The van der Waals surface area contributed by atoms with E-state index in [0.717, 1.165) is 97.8 Å². The summed E-state index contributed by atoms with van der Waals surface area (Å²) in [4.78, 5) is 55.9. The molecule has 10 aromatic carbocycles. The van der Waals surface area contributed by atoms with E-state index in [1.54, 1.807) is 0 Å². The summed E-state index contributed by atoms with van der Waals surface area (Å²) in [5, 5.41) is 15.1. The predicted octanol–water partition coefficient (Wildman–Crippen LogP) is 12.2. The lowest BCUT2D eigenvalue weighted by atomic mass is 9.95. The maximum Gasteiger partial charge on any atom is 0.197 e. The fourth-order valence-electron chi connectivity index (χ4n) is 12.4. The molecule has 0 aliphatic carbocycles. The van der Waals surface area contributed by atoms with Gasteiger partial charge in [0.15, 0.2) is 21.7 Å². The molecule has 6 heterocycles. The van der Waals surface area contributed by atoms with Crippen molar-refractivity contribution in [1.82, 2.24) is 8.80 Å². The molecule has 0 unspecified atom stereocenters. The summed E-state index contributed by atoms with van der Waals surface area (Å²) in [6, 6.07) is 60.7. The van der Waals surface area contributed by atoms with Gasteiger partial charge >= 0.3 is 0 Å². The van der Waals surface area contributed by atoms with Gasteiger partial charge in [-0.1, -0.05) is 121 Å². The molecule has 6 nitrogen and oxygen atoms in total. The smallest absolute Gasteiger partial charge is 0.197 e. The quantitative estimate of drug-likeness (QED) is 0.100. The second-order valence-electron chi connectivity index (χ2n) is 19.4. The Morgan fingerprint density at radius 2 is 0.472 bits per heavy atom. The maximum absolute atomic E-state index is 14.0. The topological polar surface area (TPSA) is 77.1 Å². The van der Waals surface area contributed by atoms with E-state index in [9.17, 15) is 19.2 Å². The van der Waals surface area contributed by atoms with Gasteiger partial charge in [0.05, 0.1) is 33.1 Å². The van der Waals surface area contributed by atoms with Gasteiger partial charge in [-0.05, 0) is 139 Å². The first-order valence-electron chi connectivity index (χ1n) is 24.1. The molecule has 0 amide bonds. The van der Waals surface area contributed by atoms with E-state index in [1.807, 2.05) is 84.9 Å². The Hall–Kier alpha value is -9.78. The maximum atomic E-state index is 14.0. The Morgan fingerprint density at radius 1 is 0.250 bits per heavy atom. The normalized spacial score (nSPS) is 12.6. The van der Waals surface area contributed by atoms with Gasteiger partial charge in [-0.3, -0.25) is 19.2 Å². The second kappa shape index (κ2) is 13.9. The molecule has 0 bridgehead atoms. The zero-order valence-corrected chi connectivity index (χ0v) is 38.2. The zero-order valence-electron chi connectivity index (χ0n) is 38.2. The Balaban J connectivity index is 0.755. The fraction of sp³-hybridized carbons (Fsp3) is 0. The van der Waals surface area contributed by atoms with Crippen molar-refractivity contribution in [1.29, 1.82) is 0 Å². The molecule has 0 fully saturated rings. The van der Waals surface area contributed by atoms with Crippen molar-refractivity contribution < 1.29 is 0 Å². The summed E-state index contributed by atoms with van der Waals surface area (Å²) in [5.74, 6) is 0. The standard InChI is InChI=1S/C66H34N2O4/c69-63-47-11-1-7-43-55(44-8-2-12-48-58(44)67(57(43)47)61-51(63)15-5-16-52(61)64(48)70)33-37-23-27-39-29-35(21-25-41(39)31-37)19-20-36-22-26-42-32-38(24-28-40(42)30-36)34-56-45-9-3-13-49-59(45)68-60-46(56)10-4-14-50(60)66(72)54-18-6-17-53(62(54)68)65(49)71/h1-34H. The Bertz CT molecular complexity index is 4920. The highest BCUT2D eigenvalue weighted by molar-refractivity contribution is 6.18. The summed E-state index contributed by atoms with van der Waals surface area (Å²) in [6.45, 7) is 0. The van der Waals surface area contributed by atoms with E-state index in [0.29, 0.717) is 54.1 Å². The summed E-state index contributed by atoms with van der Waals surface area (Å²) >= 11 is 0. The van der Waals surface area contributed by atoms with Gasteiger partial charge in [-0.25, -0.2) is 0 Å². The highest BCUT2D eigenvalue weighted by atomic mass is 16.1. The molecule has 332 valence electrons. The number of nitrogens with zero attached hydrogens (tertiary/aromatic N) is 2.